The summed E-state index contributed by atoms with van der Waals surface area (Å²) >= 11 is 0. The normalized spacial score (nSPS) is 12.2. The highest BCUT2D eigenvalue weighted by atomic mass is 16.6. The molecule has 0 aromatic heterocycles. The van der Waals surface area contributed by atoms with Crippen LogP contribution in [0.4, 0.5) is 5.69 Å². The molecular formula is C12H18N2O4. The molecule has 0 saturated carbocycles. The molecule has 6 heteroatoms. The number of hydrogen-bond acceptors (Lipinski definition) is 5. The van der Waals surface area contributed by atoms with E-state index in [0.29, 0.717) is 6.54 Å². The maximum absolute atomic E-state index is 10.9. The first-order valence-corrected chi connectivity index (χ1v) is 5.74. The van der Waals surface area contributed by atoms with Crippen molar-refractivity contribution in [3.8, 4) is 5.75 Å². The van der Waals surface area contributed by atoms with Crippen molar-refractivity contribution in [1.82, 2.24) is 5.32 Å². The van der Waals surface area contributed by atoms with Crippen molar-refractivity contribution in [3.63, 3.8) is 0 Å². The summed E-state index contributed by atoms with van der Waals surface area (Å²) in [6, 6.07) is 4.78. The molecule has 1 aromatic carbocycles. The van der Waals surface area contributed by atoms with E-state index in [1.54, 1.807) is 19.2 Å². The molecule has 0 saturated heterocycles. The van der Waals surface area contributed by atoms with Gasteiger partial charge in [-0.3, -0.25) is 10.1 Å². The van der Waals surface area contributed by atoms with E-state index in [-0.39, 0.29) is 30.6 Å². The molecule has 0 bridgehead atoms. The van der Waals surface area contributed by atoms with Crippen LogP contribution in [0.2, 0.25) is 0 Å². The molecule has 1 aromatic rings. The average Bonchev–Trinajstić information content (AvgIpc) is 2.36. The van der Waals surface area contributed by atoms with Crippen LogP contribution in [-0.2, 0) is 6.54 Å². The molecule has 0 spiro atoms. The van der Waals surface area contributed by atoms with Gasteiger partial charge in [-0.1, -0.05) is 13.0 Å². The zero-order chi connectivity index (χ0) is 13.5. The highest BCUT2D eigenvalue weighted by Crippen LogP contribution is 2.28. The van der Waals surface area contributed by atoms with E-state index in [9.17, 15) is 10.1 Å². The average molecular weight is 254 g/mol. The predicted molar refractivity (Wildman–Crippen MR) is 67.6 cm³/mol. The monoisotopic (exact) mass is 254 g/mol. The molecule has 18 heavy (non-hydrogen) atoms. The molecule has 6 nitrogen and oxygen atoms in total. The van der Waals surface area contributed by atoms with Gasteiger partial charge < -0.3 is 15.2 Å². The molecule has 0 heterocycles. The maximum atomic E-state index is 10.9. The van der Waals surface area contributed by atoms with Gasteiger partial charge in [0.15, 0.2) is 5.75 Å². The van der Waals surface area contributed by atoms with E-state index >= 15 is 0 Å². The standard InChI is InChI=1S/C12H18N2O4/c1-9(7-15)8-18-12-5-10(6-13-2)3-4-11(12)14(16)17/h3-5,9,13,15H,6-8H2,1-2H3. The first-order valence-electron chi connectivity index (χ1n) is 5.74. The Balaban J connectivity index is 2.89. The SMILES string of the molecule is CNCc1ccc([N+](=O)[O-])c(OCC(C)CO)c1. The Morgan fingerprint density at radius 3 is 2.83 bits per heavy atom. The summed E-state index contributed by atoms with van der Waals surface area (Å²) in [7, 11) is 1.80. The second-order valence-electron chi connectivity index (χ2n) is 4.19. The highest BCUT2D eigenvalue weighted by Gasteiger charge is 2.16. The Morgan fingerprint density at radius 2 is 2.28 bits per heavy atom. The Bertz CT molecular complexity index is 409. The minimum Gasteiger partial charge on any atom is -0.486 e. The van der Waals surface area contributed by atoms with E-state index < -0.39 is 4.92 Å². The number of nitro groups is 1. The Hall–Kier alpha value is -1.66. The third-order valence-electron chi connectivity index (χ3n) is 2.44. The molecule has 2 N–H and O–H groups in total. The number of rotatable bonds is 7. The lowest BCUT2D eigenvalue weighted by atomic mass is 10.2. The van der Waals surface area contributed by atoms with Crippen molar-refractivity contribution >= 4 is 5.69 Å². The quantitative estimate of drug-likeness (QED) is 0.566. The summed E-state index contributed by atoms with van der Waals surface area (Å²) in [6.45, 7) is 2.66. The topological polar surface area (TPSA) is 84.6 Å². The van der Waals surface area contributed by atoms with Crippen LogP contribution in [-0.4, -0.2) is 30.3 Å². The van der Waals surface area contributed by atoms with E-state index in [1.807, 2.05) is 6.92 Å². The van der Waals surface area contributed by atoms with Crippen molar-refractivity contribution < 1.29 is 14.8 Å². The smallest absolute Gasteiger partial charge is 0.310 e. The molecule has 1 unspecified atom stereocenters. The van der Waals surface area contributed by atoms with Crippen LogP contribution in [0.5, 0.6) is 5.75 Å². The Morgan fingerprint density at radius 1 is 1.56 bits per heavy atom. The van der Waals surface area contributed by atoms with Gasteiger partial charge in [0.25, 0.3) is 0 Å². The van der Waals surface area contributed by atoms with Crippen molar-refractivity contribution in [3.05, 3.63) is 33.9 Å². The van der Waals surface area contributed by atoms with Crippen LogP contribution < -0.4 is 10.1 Å². The third kappa shape index (κ3) is 3.97. The number of nitrogens with zero attached hydrogens (tertiary/aromatic N) is 1. The molecule has 0 aliphatic carbocycles. The fraction of sp³-hybridized carbons (Fsp3) is 0.500. The maximum Gasteiger partial charge on any atom is 0.310 e. The number of nitro benzene ring substituents is 1. The van der Waals surface area contributed by atoms with E-state index in [2.05, 4.69) is 5.32 Å². The number of aliphatic hydroxyl groups excluding tert-OH is 1. The van der Waals surface area contributed by atoms with Gasteiger partial charge in [0, 0.05) is 25.1 Å². The van der Waals surface area contributed by atoms with Gasteiger partial charge in [-0.2, -0.15) is 0 Å². The van der Waals surface area contributed by atoms with Gasteiger partial charge in [0.05, 0.1) is 11.5 Å². The first kappa shape index (κ1) is 14.4. The van der Waals surface area contributed by atoms with Crippen molar-refractivity contribution in [1.29, 1.82) is 0 Å². The van der Waals surface area contributed by atoms with E-state index in [0.717, 1.165) is 5.56 Å². The van der Waals surface area contributed by atoms with Crippen LogP contribution in [0.25, 0.3) is 0 Å². The van der Waals surface area contributed by atoms with E-state index in [4.69, 9.17) is 9.84 Å². The van der Waals surface area contributed by atoms with Crippen LogP contribution in [0.15, 0.2) is 18.2 Å². The summed E-state index contributed by atoms with van der Waals surface area (Å²) in [6.07, 6.45) is 0. The summed E-state index contributed by atoms with van der Waals surface area (Å²) in [5.74, 6) is 0.186. The molecule has 100 valence electrons. The van der Waals surface area contributed by atoms with Gasteiger partial charge in [0.1, 0.15) is 0 Å². The molecule has 1 rings (SSSR count). The number of hydrogen-bond donors (Lipinski definition) is 2. The van der Waals surface area contributed by atoms with Gasteiger partial charge in [-0.25, -0.2) is 0 Å². The van der Waals surface area contributed by atoms with Gasteiger partial charge in [0.2, 0.25) is 0 Å². The second kappa shape index (κ2) is 6.93. The zero-order valence-electron chi connectivity index (χ0n) is 10.5. The summed E-state index contributed by atoms with van der Waals surface area (Å²) in [4.78, 5) is 10.4. The minimum absolute atomic E-state index is 0.00992. The van der Waals surface area contributed by atoms with Crippen molar-refractivity contribution in [2.24, 2.45) is 5.92 Å². The Kier molecular flexibility index (Phi) is 5.54. The number of aliphatic hydroxyl groups is 1. The van der Waals surface area contributed by atoms with E-state index in [1.165, 1.54) is 6.07 Å². The lowest BCUT2D eigenvalue weighted by Crippen LogP contribution is -2.13. The summed E-state index contributed by atoms with van der Waals surface area (Å²) in [5, 5.41) is 22.7. The van der Waals surface area contributed by atoms with Gasteiger partial charge in [-0.15, -0.1) is 0 Å². The fourth-order valence-electron chi connectivity index (χ4n) is 1.42. The molecule has 0 amide bonds. The molecule has 0 fully saturated rings. The van der Waals surface area contributed by atoms with Gasteiger partial charge in [-0.05, 0) is 18.7 Å². The molecule has 0 aliphatic rings. The first-order chi connectivity index (χ1) is 8.58. The lowest BCUT2D eigenvalue weighted by Gasteiger charge is -2.11. The van der Waals surface area contributed by atoms with Gasteiger partial charge >= 0.3 is 5.69 Å². The van der Waals surface area contributed by atoms with Crippen LogP contribution in [0.3, 0.4) is 0 Å². The zero-order valence-corrected chi connectivity index (χ0v) is 10.5. The summed E-state index contributed by atoms with van der Waals surface area (Å²) in [5.41, 5.74) is 0.856. The molecule has 0 radical (unpaired) electrons. The van der Waals surface area contributed by atoms with Crippen molar-refractivity contribution in [2.75, 3.05) is 20.3 Å². The van der Waals surface area contributed by atoms with Crippen LogP contribution in [0, 0.1) is 16.0 Å². The van der Waals surface area contributed by atoms with Crippen LogP contribution in [0.1, 0.15) is 12.5 Å². The predicted octanol–water partition coefficient (Wildman–Crippen LogP) is 1.32. The second-order valence-corrected chi connectivity index (χ2v) is 4.19. The fourth-order valence-corrected chi connectivity index (χ4v) is 1.42. The Labute approximate surface area is 106 Å². The molecule has 0 aliphatic heterocycles. The number of nitrogens with one attached hydrogen (secondary N) is 1. The largest absolute Gasteiger partial charge is 0.486 e. The number of benzene rings is 1. The lowest BCUT2D eigenvalue weighted by molar-refractivity contribution is -0.385. The molecular weight excluding hydrogens is 236 g/mol. The summed E-state index contributed by atoms with van der Waals surface area (Å²) < 4.78 is 5.41. The number of ether oxygens (including phenoxy) is 1. The third-order valence-corrected chi connectivity index (χ3v) is 2.44. The van der Waals surface area contributed by atoms with Crippen molar-refractivity contribution in [2.45, 2.75) is 13.5 Å². The van der Waals surface area contributed by atoms with Crippen LogP contribution >= 0.6 is 0 Å². The minimum atomic E-state index is -0.470. The molecule has 1 atom stereocenters. The highest BCUT2D eigenvalue weighted by molar-refractivity contribution is 5.48.